The number of aliphatic hydroxyl groups is 1. The van der Waals surface area contributed by atoms with Crippen molar-refractivity contribution in [3.05, 3.63) is 47.0 Å². The quantitative estimate of drug-likeness (QED) is 0.899. The zero-order chi connectivity index (χ0) is 15.4. The molecule has 5 heteroatoms. The molecule has 0 aromatic heterocycles. The first-order chi connectivity index (χ1) is 10.0. The largest absolute Gasteiger partial charge is 0.496 e. The smallest absolute Gasteiger partial charge is 0.146 e. The lowest BCUT2D eigenvalue weighted by atomic mass is 10.1. The van der Waals surface area contributed by atoms with E-state index >= 15 is 0 Å². The molecule has 1 N–H and O–H groups in total. The van der Waals surface area contributed by atoms with Crippen LogP contribution in [0.15, 0.2) is 36.4 Å². The van der Waals surface area contributed by atoms with Gasteiger partial charge in [0.2, 0.25) is 0 Å². The first kappa shape index (κ1) is 15.5. The Labute approximate surface area is 128 Å². The molecule has 2 aromatic rings. The molecule has 0 saturated heterocycles. The minimum atomic E-state index is -0.575. The fourth-order valence-electron chi connectivity index (χ4n) is 1.83. The summed E-state index contributed by atoms with van der Waals surface area (Å²) in [6.45, 7) is 1.68. The Morgan fingerprint density at radius 3 is 2.00 bits per heavy atom. The molecule has 0 bridgehead atoms. The highest BCUT2D eigenvalue weighted by Crippen LogP contribution is 2.35. The highest BCUT2D eigenvalue weighted by Gasteiger charge is 2.09. The monoisotopic (exact) mass is 308 g/mol. The standard InChI is InChI=1S/C16H17ClO4/c1-10(18)11-4-5-16(15(17)6-11)21-14-8-12(19-2)7-13(9-14)20-3/h4-10,18H,1-3H3/t10-/m1/s1. The molecule has 4 nitrogen and oxygen atoms in total. The van der Waals surface area contributed by atoms with Crippen LogP contribution in [-0.2, 0) is 0 Å². The summed E-state index contributed by atoms with van der Waals surface area (Å²) in [5.41, 5.74) is 0.732. The summed E-state index contributed by atoms with van der Waals surface area (Å²) in [5, 5.41) is 9.96. The Morgan fingerprint density at radius 1 is 0.952 bits per heavy atom. The maximum absolute atomic E-state index is 9.53. The van der Waals surface area contributed by atoms with E-state index in [1.165, 1.54) is 0 Å². The first-order valence-electron chi connectivity index (χ1n) is 6.42. The molecule has 0 aliphatic heterocycles. The third-order valence-corrected chi connectivity index (χ3v) is 3.29. The van der Waals surface area contributed by atoms with Crippen LogP contribution >= 0.6 is 11.6 Å². The fraction of sp³-hybridized carbons (Fsp3) is 0.250. The molecule has 0 spiro atoms. The van der Waals surface area contributed by atoms with Gasteiger partial charge in [-0.25, -0.2) is 0 Å². The Hall–Kier alpha value is -1.91. The molecule has 2 rings (SSSR count). The molecule has 112 valence electrons. The molecule has 0 unspecified atom stereocenters. The number of hydrogen-bond donors (Lipinski definition) is 1. The van der Waals surface area contributed by atoms with Crippen molar-refractivity contribution in [1.29, 1.82) is 0 Å². The molecular weight excluding hydrogens is 292 g/mol. The molecule has 0 fully saturated rings. The summed E-state index contributed by atoms with van der Waals surface area (Å²) in [5.74, 6) is 2.30. The van der Waals surface area contributed by atoms with E-state index in [1.807, 2.05) is 0 Å². The molecule has 0 aliphatic rings. The Bertz CT molecular complexity index is 603. The van der Waals surface area contributed by atoms with E-state index in [2.05, 4.69) is 0 Å². The summed E-state index contributed by atoms with van der Waals surface area (Å²) in [7, 11) is 3.14. The molecule has 21 heavy (non-hydrogen) atoms. The van der Waals surface area contributed by atoms with E-state index in [9.17, 15) is 5.11 Å². The van der Waals surface area contributed by atoms with Gasteiger partial charge in [0.05, 0.1) is 25.3 Å². The van der Waals surface area contributed by atoms with Crippen LogP contribution in [0.1, 0.15) is 18.6 Å². The number of ether oxygens (including phenoxy) is 3. The maximum atomic E-state index is 9.53. The fourth-order valence-corrected chi connectivity index (χ4v) is 2.05. The zero-order valence-corrected chi connectivity index (χ0v) is 12.8. The average molecular weight is 309 g/mol. The van der Waals surface area contributed by atoms with E-state index in [0.29, 0.717) is 28.0 Å². The van der Waals surface area contributed by atoms with E-state index in [1.54, 1.807) is 57.5 Å². The van der Waals surface area contributed by atoms with Gasteiger partial charge in [-0.3, -0.25) is 0 Å². The van der Waals surface area contributed by atoms with Crippen molar-refractivity contribution in [2.24, 2.45) is 0 Å². The number of hydrogen-bond acceptors (Lipinski definition) is 4. The summed E-state index contributed by atoms with van der Waals surface area (Å²) >= 11 is 6.17. The van der Waals surface area contributed by atoms with Gasteiger partial charge in [0.1, 0.15) is 23.0 Å². The van der Waals surface area contributed by atoms with Crippen LogP contribution in [0.5, 0.6) is 23.0 Å². The highest BCUT2D eigenvalue weighted by molar-refractivity contribution is 6.32. The van der Waals surface area contributed by atoms with Gasteiger partial charge in [0, 0.05) is 18.2 Å². The zero-order valence-electron chi connectivity index (χ0n) is 12.1. The van der Waals surface area contributed by atoms with Crippen LogP contribution in [0, 0.1) is 0 Å². The molecule has 0 aliphatic carbocycles. The molecule has 1 atom stereocenters. The molecule has 0 radical (unpaired) electrons. The lowest BCUT2D eigenvalue weighted by molar-refractivity contribution is 0.199. The second kappa shape index (κ2) is 6.70. The van der Waals surface area contributed by atoms with Crippen LogP contribution in [0.25, 0.3) is 0 Å². The summed E-state index contributed by atoms with van der Waals surface area (Å²) < 4.78 is 16.1. The minimum Gasteiger partial charge on any atom is -0.496 e. The van der Waals surface area contributed by atoms with Gasteiger partial charge < -0.3 is 19.3 Å². The number of benzene rings is 2. The topological polar surface area (TPSA) is 47.9 Å². The summed E-state index contributed by atoms with van der Waals surface area (Å²) in [4.78, 5) is 0. The highest BCUT2D eigenvalue weighted by atomic mass is 35.5. The number of methoxy groups -OCH3 is 2. The van der Waals surface area contributed by atoms with Crippen molar-refractivity contribution < 1.29 is 19.3 Å². The van der Waals surface area contributed by atoms with Gasteiger partial charge >= 0.3 is 0 Å². The van der Waals surface area contributed by atoms with Crippen molar-refractivity contribution in [3.8, 4) is 23.0 Å². The van der Waals surface area contributed by atoms with E-state index in [4.69, 9.17) is 25.8 Å². The van der Waals surface area contributed by atoms with Crippen molar-refractivity contribution in [1.82, 2.24) is 0 Å². The third kappa shape index (κ3) is 3.80. The van der Waals surface area contributed by atoms with Gasteiger partial charge in [-0.2, -0.15) is 0 Å². The maximum Gasteiger partial charge on any atom is 0.146 e. The summed E-state index contributed by atoms with van der Waals surface area (Å²) in [6, 6.07) is 10.4. The molecule has 2 aromatic carbocycles. The lowest BCUT2D eigenvalue weighted by Gasteiger charge is -2.12. The Morgan fingerprint density at radius 2 is 1.52 bits per heavy atom. The van der Waals surface area contributed by atoms with Crippen LogP contribution in [0.3, 0.4) is 0 Å². The van der Waals surface area contributed by atoms with Gasteiger partial charge in [0.15, 0.2) is 0 Å². The second-order valence-corrected chi connectivity index (χ2v) is 4.92. The van der Waals surface area contributed by atoms with Crippen LogP contribution in [0.2, 0.25) is 5.02 Å². The normalized spacial score (nSPS) is 11.9. The molecule has 0 amide bonds. The molecule has 0 heterocycles. The van der Waals surface area contributed by atoms with E-state index < -0.39 is 6.10 Å². The second-order valence-electron chi connectivity index (χ2n) is 4.52. The number of halogens is 1. The third-order valence-electron chi connectivity index (χ3n) is 2.99. The number of rotatable bonds is 5. The van der Waals surface area contributed by atoms with Gasteiger partial charge in [0.25, 0.3) is 0 Å². The van der Waals surface area contributed by atoms with Crippen molar-refractivity contribution in [2.45, 2.75) is 13.0 Å². The van der Waals surface area contributed by atoms with Gasteiger partial charge in [-0.05, 0) is 24.6 Å². The molecule has 0 saturated carbocycles. The molecular formula is C16H17ClO4. The SMILES string of the molecule is COc1cc(OC)cc(Oc2ccc([C@@H](C)O)cc2Cl)c1. The average Bonchev–Trinajstić information content (AvgIpc) is 2.48. The van der Waals surface area contributed by atoms with Gasteiger partial charge in [-0.1, -0.05) is 17.7 Å². The van der Waals surface area contributed by atoms with Crippen molar-refractivity contribution in [2.75, 3.05) is 14.2 Å². The predicted octanol–water partition coefficient (Wildman–Crippen LogP) is 4.20. The van der Waals surface area contributed by atoms with E-state index in [0.717, 1.165) is 5.56 Å². The van der Waals surface area contributed by atoms with Crippen molar-refractivity contribution >= 4 is 11.6 Å². The first-order valence-corrected chi connectivity index (χ1v) is 6.79. The Kier molecular flexibility index (Phi) is 4.94. The number of aliphatic hydroxyl groups excluding tert-OH is 1. The minimum absolute atomic E-state index is 0.426. The summed E-state index contributed by atoms with van der Waals surface area (Å²) in [6.07, 6.45) is -0.575. The Balaban J connectivity index is 2.29. The van der Waals surface area contributed by atoms with Crippen LogP contribution < -0.4 is 14.2 Å². The van der Waals surface area contributed by atoms with Crippen LogP contribution in [-0.4, -0.2) is 19.3 Å². The predicted molar refractivity (Wildman–Crippen MR) is 81.7 cm³/mol. The van der Waals surface area contributed by atoms with Crippen molar-refractivity contribution in [3.63, 3.8) is 0 Å². The van der Waals surface area contributed by atoms with E-state index in [-0.39, 0.29) is 0 Å². The lowest BCUT2D eigenvalue weighted by Crippen LogP contribution is -1.93. The van der Waals surface area contributed by atoms with Crippen LogP contribution in [0.4, 0.5) is 0 Å². The van der Waals surface area contributed by atoms with Gasteiger partial charge in [-0.15, -0.1) is 0 Å².